The van der Waals surface area contributed by atoms with E-state index < -0.39 is 0 Å². The normalized spacial score (nSPS) is 10.1. The lowest BCUT2D eigenvalue weighted by Crippen LogP contribution is -2.39. The van der Waals surface area contributed by atoms with Gasteiger partial charge in [-0.2, -0.15) is 0 Å². The first-order chi connectivity index (χ1) is 9.72. The molecule has 3 heteroatoms. The summed E-state index contributed by atoms with van der Waals surface area (Å²) in [5, 5.41) is 4.10. The van der Waals surface area contributed by atoms with Crippen LogP contribution in [0.2, 0.25) is 0 Å². The first-order valence-electron chi connectivity index (χ1n) is 6.87. The van der Waals surface area contributed by atoms with E-state index >= 15 is 0 Å². The molecule has 0 aliphatic rings. The maximum atomic E-state index is 5.53. The highest BCUT2D eigenvalue weighted by atomic mass is 32.1. The Hall–Kier alpha value is -1.87. The Kier molecular flexibility index (Phi) is 5.13. The van der Waals surface area contributed by atoms with Crippen LogP contribution >= 0.6 is 12.2 Å². The number of aryl methyl sites for hydroxylation is 1. The molecule has 0 amide bonds. The minimum Gasteiger partial charge on any atom is -0.358 e. The summed E-state index contributed by atoms with van der Waals surface area (Å²) >= 11 is 5.53. The second-order valence-corrected chi connectivity index (χ2v) is 5.06. The molecule has 0 unspecified atom stereocenters. The molecule has 0 heterocycles. The predicted octanol–water partition coefficient (Wildman–Crippen LogP) is 3.90. The van der Waals surface area contributed by atoms with Gasteiger partial charge in [-0.15, -0.1) is 0 Å². The van der Waals surface area contributed by atoms with Gasteiger partial charge in [0.25, 0.3) is 0 Å². The molecular weight excluding hydrogens is 264 g/mol. The van der Waals surface area contributed by atoms with Gasteiger partial charge >= 0.3 is 0 Å². The highest BCUT2D eigenvalue weighted by molar-refractivity contribution is 7.80. The van der Waals surface area contributed by atoms with Crippen molar-refractivity contribution >= 4 is 23.0 Å². The summed E-state index contributed by atoms with van der Waals surface area (Å²) in [5.74, 6) is 0. The van der Waals surface area contributed by atoms with Crippen molar-refractivity contribution in [1.82, 2.24) is 5.32 Å². The molecule has 0 aromatic heterocycles. The third kappa shape index (κ3) is 3.58. The lowest BCUT2D eigenvalue weighted by Gasteiger charge is -2.26. The smallest absolute Gasteiger partial charge is 0.173 e. The fourth-order valence-electron chi connectivity index (χ4n) is 2.16. The van der Waals surface area contributed by atoms with Crippen LogP contribution in [-0.2, 0) is 6.54 Å². The summed E-state index contributed by atoms with van der Waals surface area (Å²) < 4.78 is 0. The molecule has 0 aliphatic carbocycles. The number of thiocarbonyl (C=S) groups is 1. The summed E-state index contributed by atoms with van der Waals surface area (Å²) in [6.45, 7) is 5.83. The minimum absolute atomic E-state index is 0.752. The summed E-state index contributed by atoms with van der Waals surface area (Å²) in [4.78, 5) is 2.13. The molecule has 0 atom stereocenters. The van der Waals surface area contributed by atoms with Crippen molar-refractivity contribution in [2.24, 2.45) is 0 Å². The van der Waals surface area contributed by atoms with Gasteiger partial charge < -0.3 is 10.2 Å². The first-order valence-corrected chi connectivity index (χ1v) is 7.28. The van der Waals surface area contributed by atoms with E-state index in [0.29, 0.717) is 0 Å². The second-order valence-electron chi connectivity index (χ2n) is 4.68. The van der Waals surface area contributed by atoms with Crippen LogP contribution in [0.3, 0.4) is 0 Å². The number of nitrogens with zero attached hydrogens (tertiary/aromatic N) is 1. The Balaban J connectivity index is 2.05. The second kappa shape index (κ2) is 7.06. The molecule has 20 heavy (non-hydrogen) atoms. The molecule has 0 fully saturated rings. The lowest BCUT2D eigenvalue weighted by molar-refractivity contribution is 0.888. The Morgan fingerprint density at radius 2 is 1.70 bits per heavy atom. The molecule has 2 nitrogen and oxygen atoms in total. The van der Waals surface area contributed by atoms with Crippen molar-refractivity contribution in [3.8, 4) is 0 Å². The Morgan fingerprint density at radius 3 is 2.35 bits per heavy atom. The molecule has 0 aliphatic heterocycles. The van der Waals surface area contributed by atoms with Crippen LogP contribution in [0.5, 0.6) is 0 Å². The van der Waals surface area contributed by atoms with Crippen molar-refractivity contribution < 1.29 is 0 Å². The number of rotatable bonds is 4. The van der Waals surface area contributed by atoms with Gasteiger partial charge in [0.1, 0.15) is 0 Å². The standard InChI is InChI=1S/C17H20N2S/c1-3-19(16-12-8-7-9-14(16)2)17(20)18-13-15-10-5-4-6-11-15/h4-12H,3,13H2,1-2H3,(H,18,20). The minimum atomic E-state index is 0.752. The number of para-hydroxylation sites is 1. The predicted molar refractivity (Wildman–Crippen MR) is 90.1 cm³/mol. The highest BCUT2D eigenvalue weighted by Gasteiger charge is 2.11. The van der Waals surface area contributed by atoms with E-state index in [2.05, 4.69) is 48.3 Å². The Morgan fingerprint density at radius 1 is 1.05 bits per heavy atom. The van der Waals surface area contributed by atoms with Crippen molar-refractivity contribution in [3.05, 3.63) is 65.7 Å². The van der Waals surface area contributed by atoms with E-state index in [4.69, 9.17) is 12.2 Å². The molecule has 104 valence electrons. The van der Waals surface area contributed by atoms with Crippen molar-refractivity contribution in [2.45, 2.75) is 20.4 Å². The van der Waals surface area contributed by atoms with Crippen LogP contribution in [-0.4, -0.2) is 11.7 Å². The Labute approximate surface area is 126 Å². The number of nitrogens with one attached hydrogen (secondary N) is 1. The molecular formula is C17H20N2S. The van der Waals surface area contributed by atoms with Gasteiger partial charge in [0, 0.05) is 18.8 Å². The average Bonchev–Trinajstić information content (AvgIpc) is 2.49. The lowest BCUT2D eigenvalue weighted by atomic mass is 10.2. The van der Waals surface area contributed by atoms with Gasteiger partial charge in [-0.25, -0.2) is 0 Å². The summed E-state index contributed by atoms with van der Waals surface area (Å²) in [6.07, 6.45) is 0. The molecule has 0 saturated carbocycles. The van der Waals surface area contributed by atoms with Gasteiger partial charge in [0.15, 0.2) is 5.11 Å². The third-order valence-corrected chi connectivity index (χ3v) is 3.62. The summed E-state index contributed by atoms with van der Waals surface area (Å²) in [7, 11) is 0. The van der Waals surface area contributed by atoms with Crippen molar-refractivity contribution in [3.63, 3.8) is 0 Å². The molecule has 2 aromatic carbocycles. The third-order valence-electron chi connectivity index (χ3n) is 3.25. The molecule has 0 bridgehead atoms. The zero-order valence-electron chi connectivity index (χ0n) is 12.0. The fraction of sp³-hybridized carbons (Fsp3) is 0.235. The molecule has 1 N–H and O–H groups in total. The van der Waals surface area contributed by atoms with Crippen LogP contribution in [0, 0.1) is 6.92 Å². The van der Waals surface area contributed by atoms with Gasteiger partial charge in [-0.1, -0.05) is 48.5 Å². The topological polar surface area (TPSA) is 15.3 Å². The summed E-state index contributed by atoms with van der Waals surface area (Å²) in [5.41, 5.74) is 3.63. The van der Waals surface area contributed by atoms with E-state index in [-0.39, 0.29) is 0 Å². The largest absolute Gasteiger partial charge is 0.358 e. The van der Waals surface area contributed by atoms with Gasteiger partial charge in [-0.05, 0) is 43.3 Å². The van der Waals surface area contributed by atoms with E-state index in [1.807, 2.05) is 30.3 Å². The van der Waals surface area contributed by atoms with Crippen LogP contribution in [0.4, 0.5) is 5.69 Å². The molecule has 0 spiro atoms. The van der Waals surface area contributed by atoms with E-state index in [9.17, 15) is 0 Å². The van der Waals surface area contributed by atoms with Gasteiger partial charge in [0.2, 0.25) is 0 Å². The maximum absolute atomic E-state index is 5.53. The Bertz CT molecular complexity index is 566. The zero-order valence-corrected chi connectivity index (χ0v) is 12.8. The average molecular weight is 284 g/mol. The monoisotopic (exact) mass is 284 g/mol. The quantitative estimate of drug-likeness (QED) is 0.857. The van der Waals surface area contributed by atoms with Gasteiger partial charge in [-0.3, -0.25) is 0 Å². The summed E-state index contributed by atoms with van der Waals surface area (Å²) in [6, 6.07) is 18.6. The molecule has 2 aromatic rings. The number of anilines is 1. The van der Waals surface area contributed by atoms with E-state index in [1.54, 1.807) is 0 Å². The molecule has 0 radical (unpaired) electrons. The van der Waals surface area contributed by atoms with Crippen molar-refractivity contribution in [2.75, 3.05) is 11.4 Å². The van der Waals surface area contributed by atoms with Crippen LogP contribution in [0.25, 0.3) is 0 Å². The molecule has 0 saturated heterocycles. The van der Waals surface area contributed by atoms with Crippen LogP contribution < -0.4 is 10.2 Å². The number of hydrogen-bond donors (Lipinski definition) is 1. The number of hydrogen-bond acceptors (Lipinski definition) is 1. The van der Waals surface area contributed by atoms with Crippen LogP contribution in [0.1, 0.15) is 18.1 Å². The van der Waals surface area contributed by atoms with Crippen LogP contribution in [0.15, 0.2) is 54.6 Å². The van der Waals surface area contributed by atoms with Gasteiger partial charge in [0.05, 0.1) is 0 Å². The zero-order chi connectivity index (χ0) is 14.4. The highest BCUT2D eigenvalue weighted by Crippen LogP contribution is 2.19. The molecule has 2 rings (SSSR count). The number of benzene rings is 2. The van der Waals surface area contributed by atoms with E-state index in [1.165, 1.54) is 16.8 Å². The van der Waals surface area contributed by atoms with Crippen molar-refractivity contribution in [1.29, 1.82) is 0 Å². The van der Waals surface area contributed by atoms with E-state index in [0.717, 1.165) is 18.2 Å². The maximum Gasteiger partial charge on any atom is 0.173 e. The fourth-order valence-corrected chi connectivity index (χ4v) is 2.46. The SMILES string of the molecule is CCN(C(=S)NCc1ccccc1)c1ccccc1C. The first kappa shape index (κ1) is 14.5.